The SMILES string of the molecule is Cc1ccc(N2C(=O)c3oc4ccc(F)cc4c(=O)c3C2c2ccc(Cl)c(Cl)c2)cc1C. The van der Waals surface area contributed by atoms with Crippen LogP contribution in [0.3, 0.4) is 0 Å². The number of anilines is 1. The highest BCUT2D eigenvalue weighted by molar-refractivity contribution is 6.42. The van der Waals surface area contributed by atoms with Crippen LogP contribution in [0.4, 0.5) is 10.1 Å². The first-order valence-electron chi connectivity index (χ1n) is 9.88. The van der Waals surface area contributed by atoms with Crippen LogP contribution in [0.15, 0.2) is 63.8 Å². The fraction of sp³-hybridized carbons (Fsp3) is 0.120. The third kappa shape index (κ3) is 3.12. The number of benzene rings is 3. The Kier molecular flexibility index (Phi) is 4.84. The summed E-state index contributed by atoms with van der Waals surface area (Å²) in [5.74, 6) is -1.09. The topological polar surface area (TPSA) is 50.5 Å². The lowest BCUT2D eigenvalue weighted by atomic mass is 9.98. The van der Waals surface area contributed by atoms with E-state index in [4.69, 9.17) is 27.6 Å². The minimum absolute atomic E-state index is 0.0663. The van der Waals surface area contributed by atoms with Gasteiger partial charge in [-0.2, -0.15) is 0 Å². The molecule has 4 nitrogen and oxygen atoms in total. The molecule has 4 aromatic rings. The van der Waals surface area contributed by atoms with E-state index in [-0.39, 0.29) is 22.3 Å². The summed E-state index contributed by atoms with van der Waals surface area (Å²) >= 11 is 12.4. The minimum Gasteiger partial charge on any atom is -0.450 e. The second kappa shape index (κ2) is 7.47. The van der Waals surface area contributed by atoms with E-state index in [1.807, 2.05) is 32.0 Å². The van der Waals surface area contributed by atoms with Gasteiger partial charge in [-0.25, -0.2) is 4.39 Å². The maximum absolute atomic E-state index is 13.9. The van der Waals surface area contributed by atoms with Crippen molar-refractivity contribution in [2.24, 2.45) is 0 Å². The fourth-order valence-corrected chi connectivity index (χ4v) is 4.39. The Hall–Kier alpha value is -3.15. The monoisotopic (exact) mass is 467 g/mol. The van der Waals surface area contributed by atoms with Gasteiger partial charge in [-0.3, -0.25) is 14.5 Å². The van der Waals surface area contributed by atoms with Crippen molar-refractivity contribution in [1.29, 1.82) is 0 Å². The number of nitrogens with zero attached hydrogens (tertiary/aromatic N) is 1. The second-order valence-corrected chi connectivity index (χ2v) is 8.65. The van der Waals surface area contributed by atoms with E-state index >= 15 is 0 Å². The van der Waals surface area contributed by atoms with Gasteiger partial charge in [0.1, 0.15) is 11.4 Å². The van der Waals surface area contributed by atoms with Gasteiger partial charge in [0.15, 0.2) is 5.43 Å². The molecule has 1 aromatic heterocycles. The Balaban J connectivity index is 1.83. The molecule has 3 aromatic carbocycles. The highest BCUT2D eigenvalue weighted by atomic mass is 35.5. The van der Waals surface area contributed by atoms with Crippen molar-refractivity contribution in [3.05, 3.63) is 109 Å². The number of aryl methyl sites for hydroxylation is 2. The van der Waals surface area contributed by atoms with E-state index in [0.29, 0.717) is 21.3 Å². The Labute approximate surface area is 192 Å². The van der Waals surface area contributed by atoms with Gasteiger partial charge in [0.25, 0.3) is 5.91 Å². The zero-order chi connectivity index (χ0) is 22.7. The molecule has 7 heteroatoms. The summed E-state index contributed by atoms with van der Waals surface area (Å²) in [7, 11) is 0. The van der Waals surface area contributed by atoms with Gasteiger partial charge in [0, 0.05) is 5.69 Å². The molecule has 0 saturated carbocycles. The quantitative estimate of drug-likeness (QED) is 0.333. The summed E-state index contributed by atoms with van der Waals surface area (Å²) in [6.07, 6.45) is 0. The number of fused-ring (bicyclic) bond motifs is 2. The second-order valence-electron chi connectivity index (χ2n) is 7.83. The molecule has 1 atom stereocenters. The molecule has 0 radical (unpaired) electrons. The molecule has 0 aliphatic carbocycles. The molecule has 0 spiro atoms. The van der Waals surface area contributed by atoms with Crippen molar-refractivity contribution in [2.75, 3.05) is 4.90 Å². The molecular weight excluding hydrogens is 452 g/mol. The van der Waals surface area contributed by atoms with E-state index in [1.54, 1.807) is 18.2 Å². The van der Waals surface area contributed by atoms with Gasteiger partial charge in [0.05, 0.1) is 27.0 Å². The van der Waals surface area contributed by atoms with Gasteiger partial charge < -0.3 is 4.42 Å². The number of carbonyl (C=O) groups excluding carboxylic acids is 1. The Bertz CT molecular complexity index is 1500. The highest BCUT2D eigenvalue weighted by Gasteiger charge is 2.43. The molecule has 1 aliphatic heterocycles. The largest absolute Gasteiger partial charge is 0.450 e. The lowest BCUT2D eigenvalue weighted by Crippen LogP contribution is -2.29. The van der Waals surface area contributed by atoms with Gasteiger partial charge in [-0.1, -0.05) is 35.3 Å². The van der Waals surface area contributed by atoms with E-state index in [2.05, 4.69) is 0 Å². The van der Waals surface area contributed by atoms with E-state index in [9.17, 15) is 14.0 Å². The molecule has 32 heavy (non-hydrogen) atoms. The van der Waals surface area contributed by atoms with E-state index < -0.39 is 23.2 Å². The summed E-state index contributed by atoms with van der Waals surface area (Å²) in [6, 6.07) is 13.4. The normalized spacial score (nSPS) is 15.5. The van der Waals surface area contributed by atoms with Crippen LogP contribution in [0.1, 0.15) is 38.9 Å². The Morgan fingerprint density at radius 2 is 1.69 bits per heavy atom. The first kappa shape index (κ1) is 20.7. The summed E-state index contributed by atoms with van der Waals surface area (Å²) in [4.78, 5) is 28.5. The van der Waals surface area contributed by atoms with Gasteiger partial charge in [0.2, 0.25) is 5.76 Å². The molecule has 1 aliphatic rings. The number of hydrogen-bond acceptors (Lipinski definition) is 3. The van der Waals surface area contributed by atoms with Crippen LogP contribution in [0.25, 0.3) is 11.0 Å². The number of amides is 1. The molecule has 2 heterocycles. The van der Waals surface area contributed by atoms with Crippen molar-refractivity contribution in [2.45, 2.75) is 19.9 Å². The molecule has 160 valence electrons. The number of carbonyl (C=O) groups is 1. The van der Waals surface area contributed by atoms with Crippen LogP contribution in [-0.2, 0) is 0 Å². The molecular formula is C25H16Cl2FNO3. The van der Waals surface area contributed by atoms with Crippen LogP contribution in [0, 0.1) is 19.7 Å². The summed E-state index contributed by atoms with van der Waals surface area (Å²) < 4.78 is 19.7. The molecule has 1 amide bonds. The fourth-order valence-electron chi connectivity index (χ4n) is 4.08. The highest BCUT2D eigenvalue weighted by Crippen LogP contribution is 2.42. The summed E-state index contributed by atoms with van der Waals surface area (Å²) in [5, 5.41) is 0.718. The standard InChI is InChI=1S/C25H16Cl2FNO3/c1-12-3-6-16(9-13(12)2)29-22(14-4-7-18(26)19(27)10-14)21-23(30)17-11-15(28)5-8-20(17)32-24(21)25(29)31/h3-11,22H,1-2H3. The maximum atomic E-state index is 13.9. The molecule has 0 N–H and O–H groups in total. The van der Waals surface area contributed by atoms with Crippen LogP contribution in [0.2, 0.25) is 10.0 Å². The number of rotatable bonds is 2. The molecule has 0 fully saturated rings. The maximum Gasteiger partial charge on any atom is 0.295 e. The van der Waals surface area contributed by atoms with Crippen LogP contribution < -0.4 is 10.3 Å². The third-order valence-corrected chi connectivity index (χ3v) is 6.60. The third-order valence-electron chi connectivity index (χ3n) is 5.86. The lowest BCUT2D eigenvalue weighted by molar-refractivity contribution is 0.0971. The first-order chi connectivity index (χ1) is 15.3. The van der Waals surface area contributed by atoms with Crippen LogP contribution in [0.5, 0.6) is 0 Å². The zero-order valence-electron chi connectivity index (χ0n) is 17.1. The lowest BCUT2D eigenvalue weighted by Gasteiger charge is -2.26. The van der Waals surface area contributed by atoms with E-state index in [0.717, 1.165) is 17.2 Å². The van der Waals surface area contributed by atoms with Crippen LogP contribution in [-0.4, -0.2) is 5.91 Å². The van der Waals surface area contributed by atoms with Gasteiger partial charge >= 0.3 is 0 Å². The van der Waals surface area contributed by atoms with Crippen molar-refractivity contribution < 1.29 is 13.6 Å². The van der Waals surface area contributed by atoms with Crippen molar-refractivity contribution >= 4 is 45.8 Å². The van der Waals surface area contributed by atoms with Gasteiger partial charge in [-0.05, 0) is 73.0 Å². The predicted octanol–water partition coefficient (Wildman–Crippen LogP) is 6.61. The average Bonchev–Trinajstić information content (AvgIpc) is 3.05. The number of hydrogen-bond donors (Lipinski definition) is 0. The Morgan fingerprint density at radius 3 is 2.41 bits per heavy atom. The average molecular weight is 468 g/mol. The first-order valence-corrected chi connectivity index (χ1v) is 10.6. The molecule has 1 unspecified atom stereocenters. The smallest absolute Gasteiger partial charge is 0.295 e. The van der Waals surface area contributed by atoms with Crippen molar-refractivity contribution in [3.8, 4) is 0 Å². The molecule has 5 rings (SSSR count). The van der Waals surface area contributed by atoms with Crippen LogP contribution >= 0.6 is 23.2 Å². The van der Waals surface area contributed by atoms with Gasteiger partial charge in [-0.15, -0.1) is 0 Å². The summed E-state index contributed by atoms with van der Waals surface area (Å²) in [6.45, 7) is 3.92. The predicted molar refractivity (Wildman–Crippen MR) is 123 cm³/mol. The van der Waals surface area contributed by atoms with E-state index in [1.165, 1.54) is 17.0 Å². The van der Waals surface area contributed by atoms with Crippen molar-refractivity contribution in [3.63, 3.8) is 0 Å². The summed E-state index contributed by atoms with van der Waals surface area (Å²) in [5.41, 5.74) is 3.09. The Morgan fingerprint density at radius 1 is 0.906 bits per heavy atom. The molecule has 0 bridgehead atoms. The minimum atomic E-state index is -0.807. The molecule has 0 saturated heterocycles. The zero-order valence-corrected chi connectivity index (χ0v) is 18.6. The van der Waals surface area contributed by atoms with Crippen molar-refractivity contribution in [1.82, 2.24) is 0 Å². The number of halogens is 3.